The predicted molar refractivity (Wildman–Crippen MR) is 57.1 cm³/mol. The molecule has 0 aliphatic heterocycles. The summed E-state index contributed by atoms with van der Waals surface area (Å²) in [5.41, 5.74) is 0. The fraction of sp³-hybridized carbons (Fsp3) is 0.600. The van der Waals surface area contributed by atoms with Gasteiger partial charge in [-0.3, -0.25) is 0 Å². The monoisotopic (exact) mass is 234 g/mol. The summed E-state index contributed by atoms with van der Waals surface area (Å²) < 4.78 is 0. The summed E-state index contributed by atoms with van der Waals surface area (Å²) in [7, 11) is 0. The van der Waals surface area contributed by atoms with Crippen LogP contribution in [0.2, 0.25) is 0 Å². The fourth-order valence-electron chi connectivity index (χ4n) is 0.720. The maximum atomic E-state index is 9.55. The van der Waals surface area contributed by atoms with Crippen molar-refractivity contribution >= 4 is 11.9 Å². The molecule has 0 radical (unpaired) electrons. The van der Waals surface area contributed by atoms with E-state index in [0.717, 1.165) is 25.7 Å². The number of carbonyl (C=O) groups is 2. The van der Waals surface area contributed by atoms with Gasteiger partial charge in [0, 0.05) is 25.4 Å². The largest absolute Gasteiger partial charge is 0.478 e. The van der Waals surface area contributed by atoms with E-state index in [-0.39, 0.29) is 13.2 Å². The first kappa shape index (κ1) is 17.0. The maximum absolute atomic E-state index is 9.55. The molecule has 6 nitrogen and oxygen atoms in total. The zero-order chi connectivity index (χ0) is 12.8. The van der Waals surface area contributed by atoms with Crippen LogP contribution in [0.1, 0.15) is 25.7 Å². The van der Waals surface area contributed by atoms with Gasteiger partial charge >= 0.3 is 11.9 Å². The van der Waals surface area contributed by atoms with E-state index < -0.39 is 11.9 Å². The Morgan fingerprint density at radius 2 is 1.06 bits per heavy atom. The number of carboxylic acids is 2. The minimum absolute atomic E-state index is 0.283. The van der Waals surface area contributed by atoms with E-state index in [1.807, 2.05) is 0 Å². The summed E-state index contributed by atoms with van der Waals surface area (Å²) in [6.07, 6.45) is 4.94. The Balaban J connectivity index is 0. The molecule has 0 unspecified atom stereocenters. The zero-order valence-electron chi connectivity index (χ0n) is 9.00. The molecular formula is C10H18O6. The van der Waals surface area contributed by atoms with Gasteiger partial charge in [-0.2, -0.15) is 0 Å². The first-order valence-electron chi connectivity index (χ1n) is 4.90. The predicted octanol–water partition coefficient (Wildman–Crippen LogP) is 0.243. The second kappa shape index (κ2) is 13.6. The fourth-order valence-corrected chi connectivity index (χ4v) is 0.720. The van der Waals surface area contributed by atoms with Crippen LogP contribution in [0.4, 0.5) is 0 Å². The molecule has 0 aromatic heterocycles. The molecule has 0 heterocycles. The van der Waals surface area contributed by atoms with E-state index >= 15 is 0 Å². The van der Waals surface area contributed by atoms with Gasteiger partial charge in [0.15, 0.2) is 0 Å². The molecule has 0 amide bonds. The number of carboxylic acid groups (broad SMARTS) is 2. The van der Waals surface area contributed by atoms with E-state index in [4.69, 9.17) is 20.4 Å². The Hall–Kier alpha value is -1.40. The van der Waals surface area contributed by atoms with Crippen molar-refractivity contribution in [2.24, 2.45) is 0 Å². The first-order chi connectivity index (χ1) is 7.54. The molecule has 16 heavy (non-hydrogen) atoms. The van der Waals surface area contributed by atoms with Crippen LogP contribution in [0, 0.1) is 0 Å². The number of aliphatic hydroxyl groups is 2. The highest BCUT2D eigenvalue weighted by Crippen LogP contribution is 1.96. The van der Waals surface area contributed by atoms with Crippen molar-refractivity contribution in [1.29, 1.82) is 0 Å². The molecule has 0 aliphatic carbocycles. The van der Waals surface area contributed by atoms with E-state index in [9.17, 15) is 9.59 Å². The second-order valence-corrected chi connectivity index (χ2v) is 2.87. The minimum atomic E-state index is -1.26. The van der Waals surface area contributed by atoms with Crippen LogP contribution >= 0.6 is 0 Å². The summed E-state index contributed by atoms with van der Waals surface area (Å²) >= 11 is 0. The SMILES string of the molecule is O=C(O)C=CC(=O)O.OCCCCCCO. The van der Waals surface area contributed by atoms with Crippen LogP contribution in [0.15, 0.2) is 12.2 Å². The summed E-state index contributed by atoms with van der Waals surface area (Å²) in [4.78, 5) is 19.1. The van der Waals surface area contributed by atoms with Crippen molar-refractivity contribution in [3.05, 3.63) is 12.2 Å². The first-order valence-corrected chi connectivity index (χ1v) is 4.90. The molecule has 0 saturated heterocycles. The third-order valence-electron chi connectivity index (χ3n) is 1.43. The van der Waals surface area contributed by atoms with Gasteiger partial charge in [0.25, 0.3) is 0 Å². The van der Waals surface area contributed by atoms with Gasteiger partial charge in [-0.1, -0.05) is 12.8 Å². The van der Waals surface area contributed by atoms with Gasteiger partial charge in [-0.25, -0.2) is 9.59 Å². The van der Waals surface area contributed by atoms with Crippen LogP contribution < -0.4 is 0 Å². The summed E-state index contributed by atoms with van der Waals surface area (Å²) in [5.74, 6) is -2.51. The van der Waals surface area contributed by atoms with Gasteiger partial charge < -0.3 is 20.4 Å². The minimum Gasteiger partial charge on any atom is -0.478 e. The van der Waals surface area contributed by atoms with Crippen molar-refractivity contribution in [3.63, 3.8) is 0 Å². The van der Waals surface area contributed by atoms with E-state index in [0.29, 0.717) is 12.2 Å². The molecule has 6 heteroatoms. The number of aliphatic carboxylic acids is 2. The van der Waals surface area contributed by atoms with Crippen molar-refractivity contribution in [1.82, 2.24) is 0 Å². The van der Waals surface area contributed by atoms with Crippen molar-refractivity contribution < 1.29 is 30.0 Å². The van der Waals surface area contributed by atoms with Gasteiger partial charge in [0.2, 0.25) is 0 Å². The molecule has 0 saturated carbocycles. The number of unbranched alkanes of at least 4 members (excludes halogenated alkanes) is 3. The lowest BCUT2D eigenvalue weighted by Gasteiger charge is -1.93. The van der Waals surface area contributed by atoms with Crippen molar-refractivity contribution in [2.75, 3.05) is 13.2 Å². The number of hydrogen-bond donors (Lipinski definition) is 4. The zero-order valence-corrected chi connectivity index (χ0v) is 9.00. The van der Waals surface area contributed by atoms with Gasteiger partial charge in [-0.05, 0) is 12.8 Å². The molecule has 94 valence electrons. The van der Waals surface area contributed by atoms with Crippen LogP contribution in [-0.4, -0.2) is 45.6 Å². The number of aliphatic hydroxyl groups excluding tert-OH is 2. The Bertz CT molecular complexity index is 189. The lowest BCUT2D eigenvalue weighted by Crippen LogP contribution is -1.91. The standard InChI is InChI=1S/C6H14O2.C4H4O4/c7-5-3-1-2-4-6-8;5-3(6)1-2-4(7)8/h7-8H,1-6H2;1-2H,(H,5,6)(H,7,8). The van der Waals surface area contributed by atoms with Crippen molar-refractivity contribution in [3.8, 4) is 0 Å². The normalized spacial score (nSPS) is 9.62. The quantitative estimate of drug-likeness (QED) is 0.370. The molecule has 0 bridgehead atoms. The van der Waals surface area contributed by atoms with E-state index in [1.54, 1.807) is 0 Å². The third-order valence-corrected chi connectivity index (χ3v) is 1.43. The van der Waals surface area contributed by atoms with Gasteiger partial charge in [-0.15, -0.1) is 0 Å². The lowest BCUT2D eigenvalue weighted by molar-refractivity contribution is -0.134. The Morgan fingerprint density at radius 3 is 1.25 bits per heavy atom. The van der Waals surface area contributed by atoms with Crippen LogP contribution in [0.25, 0.3) is 0 Å². The Kier molecular flexibility index (Phi) is 14.5. The highest BCUT2D eigenvalue weighted by Gasteiger charge is 1.88. The van der Waals surface area contributed by atoms with E-state index in [2.05, 4.69) is 0 Å². The van der Waals surface area contributed by atoms with Crippen LogP contribution in [-0.2, 0) is 9.59 Å². The molecule has 0 spiro atoms. The molecule has 0 aliphatic rings. The van der Waals surface area contributed by atoms with Gasteiger partial charge in [0.05, 0.1) is 0 Å². The molecule has 4 N–H and O–H groups in total. The van der Waals surface area contributed by atoms with Gasteiger partial charge in [0.1, 0.15) is 0 Å². The summed E-state index contributed by atoms with van der Waals surface area (Å²) in [6.45, 7) is 0.566. The number of rotatable bonds is 7. The highest BCUT2D eigenvalue weighted by molar-refractivity contribution is 5.89. The maximum Gasteiger partial charge on any atom is 0.328 e. The molecule has 0 rings (SSSR count). The highest BCUT2D eigenvalue weighted by atomic mass is 16.4. The molecule has 0 fully saturated rings. The third kappa shape index (κ3) is 22.9. The molecule has 0 aromatic carbocycles. The number of hydrogen-bond acceptors (Lipinski definition) is 4. The average Bonchev–Trinajstić information content (AvgIpc) is 2.23. The van der Waals surface area contributed by atoms with Crippen LogP contribution in [0.5, 0.6) is 0 Å². The van der Waals surface area contributed by atoms with E-state index in [1.165, 1.54) is 0 Å². The molecular weight excluding hydrogens is 216 g/mol. The van der Waals surface area contributed by atoms with Crippen LogP contribution in [0.3, 0.4) is 0 Å². The average molecular weight is 234 g/mol. The molecule has 0 aromatic rings. The topological polar surface area (TPSA) is 115 Å². The summed E-state index contributed by atoms with van der Waals surface area (Å²) in [6, 6.07) is 0. The smallest absolute Gasteiger partial charge is 0.328 e. The lowest BCUT2D eigenvalue weighted by atomic mass is 10.2. The van der Waals surface area contributed by atoms with Crippen molar-refractivity contribution in [2.45, 2.75) is 25.7 Å². The Labute approximate surface area is 93.8 Å². The molecule has 0 atom stereocenters. The summed E-state index contributed by atoms with van der Waals surface area (Å²) in [5, 5.41) is 32.2. The second-order valence-electron chi connectivity index (χ2n) is 2.87. The Morgan fingerprint density at radius 1 is 0.750 bits per heavy atom.